The molecule has 3 aromatic carbocycles. The van der Waals surface area contributed by atoms with Crippen LogP contribution in [0.25, 0.3) is 0 Å². The molecule has 176 valence electrons. The lowest BCUT2D eigenvalue weighted by Crippen LogP contribution is -2.32. The molecule has 3 aromatic rings. The Morgan fingerprint density at radius 2 is 1.71 bits per heavy atom. The highest BCUT2D eigenvalue weighted by atomic mass is 35.5. The topological polar surface area (TPSA) is 73.2 Å². The van der Waals surface area contributed by atoms with Crippen LogP contribution in [0.1, 0.15) is 16.7 Å². The molecule has 0 unspecified atom stereocenters. The van der Waals surface area contributed by atoms with Gasteiger partial charge in [0.25, 0.3) is 5.91 Å². The summed E-state index contributed by atoms with van der Waals surface area (Å²) in [5, 5.41) is 13.2. The summed E-state index contributed by atoms with van der Waals surface area (Å²) in [4.78, 5) is 28.0. The summed E-state index contributed by atoms with van der Waals surface area (Å²) >= 11 is 7.31. The standard InChI is InChI=1S/C28H24ClN3O2S/c1-19-7-9-21(10-8-19)17-25-27(34)32(23-13-11-22(29)12-14-23)28(35-25)24(18-30)26(33)31-16-15-20-5-3-2-4-6-20/h2-14,25H,15-17H2,1H3,(H,31,33)/b28-24-/t25-/m1/s1. The largest absolute Gasteiger partial charge is 0.351 e. The van der Waals surface area contributed by atoms with Gasteiger partial charge >= 0.3 is 0 Å². The lowest BCUT2D eigenvalue weighted by molar-refractivity contribution is -0.117. The molecule has 1 saturated heterocycles. The average molecular weight is 502 g/mol. The molecule has 0 aromatic heterocycles. The number of aryl methyl sites for hydroxylation is 1. The number of hydrogen-bond acceptors (Lipinski definition) is 4. The zero-order chi connectivity index (χ0) is 24.8. The first-order valence-corrected chi connectivity index (χ1v) is 12.5. The third-order valence-electron chi connectivity index (χ3n) is 5.67. The number of halogens is 1. The monoisotopic (exact) mass is 501 g/mol. The summed E-state index contributed by atoms with van der Waals surface area (Å²) in [6.45, 7) is 2.39. The zero-order valence-corrected chi connectivity index (χ0v) is 20.8. The van der Waals surface area contributed by atoms with Crippen LogP contribution < -0.4 is 10.2 Å². The lowest BCUT2D eigenvalue weighted by Gasteiger charge is -2.19. The van der Waals surface area contributed by atoms with E-state index in [1.165, 1.54) is 16.7 Å². The maximum absolute atomic E-state index is 13.5. The SMILES string of the molecule is Cc1ccc(C[C@H]2S/C(=C(/C#N)C(=O)NCCc3ccccc3)N(c3ccc(Cl)cc3)C2=O)cc1. The molecule has 1 aliphatic heterocycles. The van der Waals surface area contributed by atoms with E-state index in [2.05, 4.69) is 5.32 Å². The van der Waals surface area contributed by atoms with Crippen LogP contribution in [0.15, 0.2) is 89.5 Å². The Morgan fingerprint density at radius 1 is 1.03 bits per heavy atom. The Balaban J connectivity index is 1.61. The number of anilines is 1. The summed E-state index contributed by atoms with van der Waals surface area (Å²) < 4.78 is 0. The molecule has 0 bridgehead atoms. The van der Waals surface area contributed by atoms with E-state index in [9.17, 15) is 14.9 Å². The van der Waals surface area contributed by atoms with Crippen LogP contribution in [0.5, 0.6) is 0 Å². The van der Waals surface area contributed by atoms with Crippen LogP contribution in [0.4, 0.5) is 5.69 Å². The number of hydrogen-bond donors (Lipinski definition) is 1. The number of carbonyl (C=O) groups excluding carboxylic acids is 2. The fraction of sp³-hybridized carbons (Fsp3) is 0.179. The van der Waals surface area contributed by atoms with Gasteiger partial charge in [0.05, 0.1) is 5.25 Å². The number of amides is 2. The molecular formula is C28H24ClN3O2S. The Bertz CT molecular complexity index is 1280. The summed E-state index contributed by atoms with van der Waals surface area (Å²) in [5.74, 6) is -0.661. The molecule has 0 spiro atoms. The molecule has 7 heteroatoms. The summed E-state index contributed by atoms with van der Waals surface area (Å²) in [6, 6.07) is 26.7. The van der Waals surface area contributed by atoms with Crippen molar-refractivity contribution in [3.63, 3.8) is 0 Å². The summed E-state index contributed by atoms with van der Waals surface area (Å²) in [7, 11) is 0. The fourth-order valence-electron chi connectivity index (χ4n) is 3.80. The number of benzene rings is 3. The predicted molar refractivity (Wildman–Crippen MR) is 141 cm³/mol. The number of rotatable bonds is 7. The number of nitrogens with one attached hydrogen (secondary N) is 1. The molecule has 0 aliphatic carbocycles. The van der Waals surface area contributed by atoms with Crippen molar-refractivity contribution in [2.45, 2.75) is 25.0 Å². The van der Waals surface area contributed by atoms with E-state index in [1.807, 2.05) is 67.6 Å². The molecule has 1 fully saturated rings. The minimum Gasteiger partial charge on any atom is -0.351 e. The first kappa shape index (κ1) is 24.6. The van der Waals surface area contributed by atoms with Crippen molar-refractivity contribution >= 4 is 40.9 Å². The molecule has 2 amide bonds. The van der Waals surface area contributed by atoms with Crippen LogP contribution in [-0.4, -0.2) is 23.6 Å². The number of nitriles is 1. The molecule has 5 nitrogen and oxygen atoms in total. The van der Waals surface area contributed by atoms with Crippen molar-refractivity contribution in [3.05, 3.63) is 111 Å². The first-order chi connectivity index (χ1) is 17.0. The second kappa shape index (κ2) is 11.3. The molecule has 1 atom stereocenters. The normalized spacial score (nSPS) is 16.7. The summed E-state index contributed by atoms with van der Waals surface area (Å²) in [6.07, 6.45) is 1.13. The van der Waals surface area contributed by atoms with Crippen molar-refractivity contribution < 1.29 is 9.59 Å². The predicted octanol–water partition coefficient (Wildman–Crippen LogP) is 5.43. The molecular weight excluding hydrogens is 478 g/mol. The minimum absolute atomic E-state index is 0.0715. The molecule has 1 aliphatic rings. The van der Waals surface area contributed by atoms with Crippen molar-refractivity contribution in [3.8, 4) is 6.07 Å². The van der Waals surface area contributed by atoms with Crippen molar-refractivity contribution in [1.82, 2.24) is 5.32 Å². The van der Waals surface area contributed by atoms with Crippen LogP contribution in [-0.2, 0) is 22.4 Å². The number of nitrogens with zero attached hydrogens (tertiary/aromatic N) is 2. The van der Waals surface area contributed by atoms with Crippen LogP contribution >= 0.6 is 23.4 Å². The van der Waals surface area contributed by atoms with Gasteiger partial charge in [0.15, 0.2) is 0 Å². The van der Waals surface area contributed by atoms with E-state index in [0.29, 0.717) is 35.1 Å². The first-order valence-electron chi connectivity index (χ1n) is 11.2. The van der Waals surface area contributed by atoms with Gasteiger partial charge in [-0.1, -0.05) is 83.5 Å². The van der Waals surface area contributed by atoms with Crippen LogP contribution in [0, 0.1) is 18.3 Å². The van der Waals surface area contributed by atoms with E-state index in [1.54, 1.807) is 24.3 Å². The summed E-state index contributed by atoms with van der Waals surface area (Å²) in [5.41, 5.74) is 3.74. The lowest BCUT2D eigenvalue weighted by atomic mass is 10.1. The second-order valence-electron chi connectivity index (χ2n) is 8.23. The van der Waals surface area contributed by atoms with Crippen molar-refractivity contribution in [2.24, 2.45) is 0 Å². The van der Waals surface area contributed by atoms with Crippen LogP contribution in [0.2, 0.25) is 5.02 Å². The molecule has 0 radical (unpaired) electrons. The Kier molecular flexibility index (Phi) is 7.91. The van der Waals surface area contributed by atoms with Crippen molar-refractivity contribution in [1.29, 1.82) is 5.26 Å². The minimum atomic E-state index is -0.492. The van der Waals surface area contributed by atoms with E-state index >= 15 is 0 Å². The van der Waals surface area contributed by atoms with Gasteiger partial charge in [-0.3, -0.25) is 14.5 Å². The van der Waals surface area contributed by atoms with Gasteiger partial charge in [-0.2, -0.15) is 5.26 Å². The highest BCUT2D eigenvalue weighted by Crippen LogP contribution is 2.42. The van der Waals surface area contributed by atoms with E-state index < -0.39 is 11.2 Å². The zero-order valence-electron chi connectivity index (χ0n) is 19.2. The average Bonchev–Trinajstić information content (AvgIpc) is 3.17. The quantitative estimate of drug-likeness (QED) is 0.346. The van der Waals surface area contributed by atoms with Gasteiger partial charge in [-0.15, -0.1) is 0 Å². The Morgan fingerprint density at radius 3 is 2.37 bits per heavy atom. The van der Waals surface area contributed by atoms with Gasteiger partial charge in [0.2, 0.25) is 5.91 Å². The number of thioether (sulfide) groups is 1. The van der Waals surface area contributed by atoms with E-state index in [0.717, 1.165) is 16.7 Å². The van der Waals surface area contributed by atoms with Crippen LogP contribution in [0.3, 0.4) is 0 Å². The van der Waals surface area contributed by atoms with Gasteiger partial charge in [-0.25, -0.2) is 0 Å². The van der Waals surface area contributed by atoms with Gasteiger partial charge in [-0.05, 0) is 55.2 Å². The molecule has 1 heterocycles. The highest BCUT2D eigenvalue weighted by Gasteiger charge is 2.40. The third-order valence-corrected chi connectivity index (χ3v) is 7.19. The smallest absolute Gasteiger partial charge is 0.264 e. The molecule has 0 saturated carbocycles. The fourth-order valence-corrected chi connectivity index (χ4v) is 5.24. The second-order valence-corrected chi connectivity index (χ2v) is 9.86. The third kappa shape index (κ3) is 5.94. The number of carbonyl (C=O) groups is 2. The Labute approximate surface area is 214 Å². The molecule has 1 N–H and O–H groups in total. The molecule has 35 heavy (non-hydrogen) atoms. The van der Waals surface area contributed by atoms with Crippen molar-refractivity contribution in [2.75, 3.05) is 11.4 Å². The maximum atomic E-state index is 13.5. The van der Waals surface area contributed by atoms with Gasteiger partial charge in [0, 0.05) is 17.3 Å². The van der Waals surface area contributed by atoms with Gasteiger partial charge < -0.3 is 5.32 Å². The molecule has 4 rings (SSSR count). The van der Waals surface area contributed by atoms with E-state index in [4.69, 9.17) is 11.6 Å². The van der Waals surface area contributed by atoms with E-state index in [-0.39, 0.29) is 11.5 Å². The highest BCUT2D eigenvalue weighted by molar-refractivity contribution is 8.05. The maximum Gasteiger partial charge on any atom is 0.264 e. The van der Waals surface area contributed by atoms with Gasteiger partial charge in [0.1, 0.15) is 16.7 Å². The Hall–Kier alpha value is -3.53.